The fourth-order valence-corrected chi connectivity index (χ4v) is 2.64. The summed E-state index contributed by atoms with van der Waals surface area (Å²) in [6.45, 7) is 6.11. The number of carboxylic acid groups (broad SMARTS) is 1. The number of nitriles is 1. The Morgan fingerprint density at radius 1 is 1.35 bits per heavy atom. The van der Waals surface area contributed by atoms with Crippen LogP contribution in [0.15, 0.2) is 24.3 Å². The van der Waals surface area contributed by atoms with Gasteiger partial charge in [0.15, 0.2) is 0 Å². The Kier molecular flexibility index (Phi) is 5.17. The molecule has 0 unspecified atom stereocenters. The minimum Gasteiger partial charge on any atom is -0.478 e. The Balaban J connectivity index is 2.60. The molecule has 0 aliphatic rings. The number of aromatic nitrogens is 2. The monoisotopic (exact) mass is 311 g/mol. The molecule has 0 atom stereocenters. The number of nitrogens with zero attached hydrogens (tertiary/aromatic N) is 3. The maximum atomic E-state index is 11.7. The van der Waals surface area contributed by atoms with E-state index < -0.39 is 5.97 Å². The smallest absolute Gasteiger partial charge is 0.339 e. The van der Waals surface area contributed by atoms with E-state index in [1.807, 2.05) is 20.8 Å². The van der Waals surface area contributed by atoms with Crippen LogP contribution < -0.4 is 0 Å². The Bertz CT molecular complexity index is 737. The van der Waals surface area contributed by atoms with E-state index in [-0.39, 0.29) is 0 Å². The standard InChI is InChI=1S/C18H21N3O2/c1-4-5-16-17(18(22)23)15(10-12(2)3)20-21(16)14-8-6-13(11-19)7-9-14/h6-9,12H,4-5,10H2,1-3H3,(H,22,23). The second kappa shape index (κ2) is 7.10. The zero-order valence-corrected chi connectivity index (χ0v) is 13.7. The molecule has 5 heteroatoms. The van der Waals surface area contributed by atoms with Crippen LogP contribution in [0.3, 0.4) is 0 Å². The van der Waals surface area contributed by atoms with Crippen molar-refractivity contribution in [2.75, 3.05) is 0 Å². The summed E-state index contributed by atoms with van der Waals surface area (Å²) < 4.78 is 1.71. The van der Waals surface area contributed by atoms with Crippen LogP contribution in [0.5, 0.6) is 0 Å². The highest BCUT2D eigenvalue weighted by Crippen LogP contribution is 2.23. The predicted octanol–water partition coefficient (Wildman–Crippen LogP) is 3.59. The van der Waals surface area contributed by atoms with Gasteiger partial charge in [0.25, 0.3) is 0 Å². The van der Waals surface area contributed by atoms with E-state index in [0.717, 1.165) is 17.8 Å². The lowest BCUT2D eigenvalue weighted by molar-refractivity contribution is 0.0694. The number of hydrogen-bond donors (Lipinski definition) is 1. The van der Waals surface area contributed by atoms with Gasteiger partial charge in [0.05, 0.1) is 28.7 Å². The number of benzene rings is 1. The molecule has 0 radical (unpaired) electrons. The third-order valence-electron chi connectivity index (χ3n) is 3.60. The molecule has 5 nitrogen and oxygen atoms in total. The van der Waals surface area contributed by atoms with Gasteiger partial charge in [-0.3, -0.25) is 0 Å². The number of aromatic carboxylic acids is 1. The minimum atomic E-state index is -0.927. The predicted molar refractivity (Wildman–Crippen MR) is 87.8 cm³/mol. The van der Waals surface area contributed by atoms with Crippen LogP contribution in [-0.2, 0) is 12.8 Å². The average Bonchev–Trinajstić information content (AvgIpc) is 2.85. The quantitative estimate of drug-likeness (QED) is 0.884. The molecule has 120 valence electrons. The molecular formula is C18H21N3O2. The first-order valence-corrected chi connectivity index (χ1v) is 7.82. The van der Waals surface area contributed by atoms with Crippen molar-refractivity contribution in [3.05, 3.63) is 46.8 Å². The molecule has 1 aromatic heterocycles. The van der Waals surface area contributed by atoms with Gasteiger partial charge in [-0.05, 0) is 43.0 Å². The molecule has 0 saturated heterocycles. The highest BCUT2D eigenvalue weighted by atomic mass is 16.4. The number of hydrogen-bond acceptors (Lipinski definition) is 3. The van der Waals surface area contributed by atoms with Gasteiger partial charge in [-0.1, -0.05) is 27.2 Å². The Labute approximate surface area is 136 Å². The molecule has 1 aromatic carbocycles. The van der Waals surface area contributed by atoms with Gasteiger partial charge in [0, 0.05) is 0 Å². The van der Waals surface area contributed by atoms with Crippen molar-refractivity contribution in [3.8, 4) is 11.8 Å². The second-order valence-electron chi connectivity index (χ2n) is 5.99. The lowest BCUT2D eigenvalue weighted by Gasteiger charge is -2.07. The van der Waals surface area contributed by atoms with Gasteiger partial charge >= 0.3 is 5.97 Å². The normalized spacial score (nSPS) is 10.7. The van der Waals surface area contributed by atoms with E-state index in [1.54, 1.807) is 28.9 Å². The van der Waals surface area contributed by atoms with Crippen molar-refractivity contribution in [1.82, 2.24) is 9.78 Å². The second-order valence-corrected chi connectivity index (χ2v) is 5.99. The molecule has 0 fully saturated rings. The molecule has 1 heterocycles. The molecular weight excluding hydrogens is 290 g/mol. The molecule has 2 aromatic rings. The van der Waals surface area contributed by atoms with E-state index in [4.69, 9.17) is 5.26 Å². The lowest BCUT2D eigenvalue weighted by Crippen LogP contribution is -2.07. The summed E-state index contributed by atoms with van der Waals surface area (Å²) in [5, 5.41) is 23.1. The van der Waals surface area contributed by atoms with Crippen molar-refractivity contribution < 1.29 is 9.90 Å². The van der Waals surface area contributed by atoms with Crippen LogP contribution in [-0.4, -0.2) is 20.9 Å². The molecule has 0 spiro atoms. The first kappa shape index (κ1) is 16.8. The first-order chi connectivity index (χ1) is 11.0. The summed E-state index contributed by atoms with van der Waals surface area (Å²) in [4.78, 5) is 11.7. The first-order valence-electron chi connectivity index (χ1n) is 7.82. The molecule has 0 amide bonds. The summed E-state index contributed by atoms with van der Waals surface area (Å²) >= 11 is 0. The van der Waals surface area contributed by atoms with Crippen LogP contribution in [0.1, 0.15) is 54.5 Å². The Morgan fingerprint density at radius 3 is 2.48 bits per heavy atom. The van der Waals surface area contributed by atoms with Crippen LogP contribution in [0.25, 0.3) is 5.69 Å². The fourth-order valence-electron chi connectivity index (χ4n) is 2.64. The highest BCUT2D eigenvalue weighted by molar-refractivity contribution is 5.90. The van der Waals surface area contributed by atoms with Crippen LogP contribution in [0.4, 0.5) is 0 Å². The zero-order valence-electron chi connectivity index (χ0n) is 13.7. The van der Waals surface area contributed by atoms with Crippen molar-refractivity contribution in [2.24, 2.45) is 5.92 Å². The van der Waals surface area contributed by atoms with Crippen LogP contribution in [0, 0.1) is 17.2 Å². The summed E-state index contributed by atoms with van der Waals surface area (Å²) in [6.07, 6.45) is 2.11. The van der Waals surface area contributed by atoms with E-state index in [9.17, 15) is 9.90 Å². The minimum absolute atomic E-state index is 0.324. The fraction of sp³-hybridized carbons (Fsp3) is 0.389. The lowest BCUT2D eigenvalue weighted by atomic mass is 10.0. The SMILES string of the molecule is CCCc1c(C(=O)O)c(CC(C)C)nn1-c1ccc(C#N)cc1. The molecule has 0 aliphatic heterocycles. The molecule has 1 N–H and O–H groups in total. The summed E-state index contributed by atoms with van der Waals surface area (Å²) in [5.74, 6) is -0.601. The van der Waals surface area contributed by atoms with Crippen LogP contribution in [0.2, 0.25) is 0 Å². The summed E-state index contributed by atoms with van der Waals surface area (Å²) in [5.41, 5.74) is 3.02. The molecule has 0 aliphatic carbocycles. The largest absolute Gasteiger partial charge is 0.478 e. The van der Waals surface area contributed by atoms with E-state index in [0.29, 0.717) is 35.6 Å². The van der Waals surface area contributed by atoms with Gasteiger partial charge < -0.3 is 5.11 Å². The maximum Gasteiger partial charge on any atom is 0.339 e. The number of rotatable bonds is 6. The van der Waals surface area contributed by atoms with E-state index >= 15 is 0 Å². The summed E-state index contributed by atoms with van der Waals surface area (Å²) in [7, 11) is 0. The topological polar surface area (TPSA) is 78.9 Å². The van der Waals surface area contributed by atoms with Gasteiger partial charge in [-0.25, -0.2) is 9.48 Å². The maximum absolute atomic E-state index is 11.7. The molecule has 23 heavy (non-hydrogen) atoms. The van der Waals surface area contributed by atoms with E-state index in [1.165, 1.54) is 0 Å². The number of carboxylic acids is 1. The van der Waals surface area contributed by atoms with Gasteiger partial charge in [0.2, 0.25) is 0 Å². The Hall–Kier alpha value is -2.61. The molecule has 0 saturated carbocycles. The Morgan fingerprint density at radius 2 is 2.00 bits per heavy atom. The van der Waals surface area contributed by atoms with Gasteiger partial charge in [0.1, 0.15) is 5.56 Å². The van der Waals surface area contributed by atoms with E-state index in [2.05, 4.69) is 11.2 Å². The van der Waals surface area contributed by atoms with Crippen molar-refractivity contribution in [2.45, 2.75) is 40.0 Å². The molecule has 0 bridgehead atoms. The third-order valence-corrected chi connectivity index (χ3v) is 3.60. The summed E-state index contributed by atoms with van der Waals surface area (Å²) in [6, 6.07) is 9.12. The highest BCUT2D eigenvalue weighted by Gasteiger charge is 2.23. The van der Waals surface area contributed by atoms with Crippen molar-refractivity contribution in [3.63, 3.8) is 0 Å². The van der Waals surface area contributed by atoms with Crippen LogP contribution >= 0.6 is 0 Å². The van der Waals surface area contributed by atoms with Gasteiger partial charge in [-0.2, -0.15) is 10.4 Å². The van der Waals surface area contributed by atoms with Crippen molar-refractivity contribution >= 4 is 5.97 Å². The molecule has 2 rings (SSSR count). The third kappa shape index (κ3) is 3.59. The zero-order chi connectivity index (χ0) is 17.0. The van der Waals surface area contributed by atoms with Crippen molar-refractivity contribution in [1.29, 1.82) is 5.26 Å². The number of carbonyl (C=O) groups is 1. The van der Waals surface area contributed by atoms with Gasteiger partial charge in [-0.15, -0.1) is 0 Å². The average molecular weight is 311 g/mol.